The largest absolute Gasteiger partial charge is 0.336 e. The number of nitrogens with zero attached hydrogens (tertiary/aromatic N) is 3. The molecular weight excluding hydrogens is 194 g/mol. The van der Waals surface area contributed by atoms with E-state index in [1.54, 1.807) is 6.92 Å². The van der Waals surface area contributed by atoms with Crippen molar-refractivity contribution in [2.75, 3.05) is 5.84 Å². The Labute approximate surface area is 87.5 Å². The molecule has 0 amide bonds. The minimum atomic E-state index is -0.237. The fraction of sp³-hybridized carbons (Fsp3) is 0.444. The Bertz CT molecular complexity index is 435. The molecule has 0 unspecified atom stereocenters. The van der Waals surface area contributed by atoms with Crippen LogP contribution in [-0.4, -0.2) is 4.68 Å². The van der Waals surface area contributed by atoms with E-state index >= 15 is 0 Å². The number of aromatic nitrogens is 1. The predicted molar refractivity (Wildman–Crippen MR) is 57.7 cm³/mol. The summed E-state index contributed by atoms with van der Waals surface area (Å²) >= 11 is 0. The quantitative estimate of drug-likeness (QED) is 0.424. The van der Waals surface area contributed by atoms with Crippen LogP contribution in [0, 0.1) is 6.92 Å². The molecule has 82 valence electrons. The molecule has 0 aromatic carbocycles. The Kier molecular flexibility index (Phi) is 3.43. The van der Waals surface area contributed by atoms with Crippen molar-refractivity contribution in [3.63, 3.8) is 0 Å². The van der Waals surface area contributed by atoms with Crippen molar-refractivity contribution in [3.05, 3.63) is 33.2 Å². The topological polar surface area (TPSA) is 98.8 Å². The molecule has 1 aromatic heterocycles. The third-order valence-corrected chi connectivity index (χ3v) is 2.32. The van der Waals surface area contributed by atoms with E-state index in [0.29, 0.717) is 5.56 Å². The van der Waals surface area contributed by atoms with Crippen LogP contribution < -0.4 is 17.2 Å². The van der Waals surface area contributed by atoms with Crippen molar-refractivity contribution >= 4 is 0 Å². The maximum Gasteiger partial charge on any atom is 0.274 e. The second-order valence-electron chi connectivity index (χ2n) is 3.23. The van der Waals surface area contributed by atoms with E-state index in [1.165, 1.54) is 0 Å². The highest BCUT2D eigenvalue weighted by Crippen LogP contribution is 2.08. The number of rotatable bonds is 3. The maximum atomic E-state index is 11.8. The van der Waals surface area contributed by atoms with Gasteiger partial charge < -0.3 is 11.7 Å². The van der Waals surface area contributed by atoms with Gasteiger partial charge in [0.1, 0.15) is 0 Å². The van der Waals surface area contributed by atoms with Crippen LogP contribution in [0.1, 0.15) is 23.7 Å². The van der Waals surface area contributed by atoms with Crippen molar-refractivity contribution in [1.29, 1.82) is 0 Å². The van der Waals surface area contributed by atoms with E-state index in [-0.39, 0.29) is 12.1 Å². The molecule has 0 aliphatic rings. The highest BCUT2D eigenvalue weighted by atomic mass is 16.1. The Balaban J connectivity index is 3.34. The lowest BCUT2D eigenvalue weighted by atomic mass is 10.1. The Hall–Kier alpha value is -1.85. The molecule has 0 saturated heterocycles. The summed E-state index contributed by atoms with van der Waals surface area (Å²) in [6.45, 7) is 3.93. The number of aryl methyl sites for hydroxylation is 2. The SMILES string of the molecule is CCc1cc(C)n(N)c(=O)c1CN=NN. The van der Waals surface area contributed by atoms with E-state index in [0.717, 1.165) is 22.4 Å². The van der Waals surface area contributed by atoms with Gasteiger partial charge in [-0.05, 0) is 25.0 Å². The molecule has 1 heterocycles. The first kappa shape index (κ1) is 11.2. The van der Waals surface area contributed by atoms with Gasteiger partial charge >= 0.3 is 0 Å². The minimum absolute atomic E-state index is 0.177. The summed E-state index contributed by atoms with van der Waals surface area (Å²) < 4.78 is 1.11. The lowest BCUT2D eigenvalue weighted by molar-refractivity contribution is 0.804. The monoisotopic (exact) mass is 209 g/mol. The standard InChI is InChI=1S/C9H15N5O/c1-3-7-4-6(2)14(11)9(15)8(7)5-12-13-10/h4H,3,5,11H2,1-2H3,(H2,10,12). The first-order valence-corrected chi connectivity index (χ1v) is 4.68. The van der Waals surface area contributed by atoms with Crippen molar-refractivity contribution in [2.24, 2.45) is 16.2 Å². The normalized spacial score (nSPS) is 11.1. The zero-order valence-corrected chi connectivity index (χ0v) is 8.90. The zero-order chi connectivity index (χ0) is 11.4. The first-order valence-electron chi connectivity index (χ1n) is 4.68. The molecule has 0 radical (unpaired) electrons. The maximum absolute atomic E-state index is 11.8. The Morgan fingerprint density at radius 2 is 2.20 bits per heavy atom. The molecule has 0 saturated carbocycles. The summed E-state index contributed by atoms with van der Waals surface area (Å²) in [7, 11) is 0. The molecule has 0 aliphatic carbocycles. The average Bonchev–Trinajstić information content (AvgIpc) is 2.24. The Morgan fingerprint density at radius 3 is 2.73 bits per heavy atom. The third-order valence-electron chi connectivity index (χ3n) is 2.32. The van der Waals surface area contributed by atoms with E-state index in [4.69, 9.17) is 11.7 Å². The van der Waals surface area contributed by atoms with Crippen molar-refractivity contribution in [3.8, 4) is 0 Å². The van der Waals surface area contributed by atoms with Crippen LogP contribution in [0.3, 0.4) is 0 Å². The molecule has 1 rings (SSSR count). The summed E-state index contributed by atoms with van der Waals surface area (Å²) in [5, 5.41) is 6.75. The van der Waals surface area contributed by atoms with Crippen LogP contribution in [0.5, 0.6) is 0 Å². The van der Waals surface area contributed by atoms with E-state index in [2.05, 4.69) is 10.3 Å². The van der Waals surface area contributed by atoms with Gasteiger partial charge in [-0.3, -0.25) is 4.79 Å². The van der Waals surface area contributed by atoms with E-state index in [9.17, 15) is 4.79 Å². The molecule has 0 bridgehead atoms. The van der Waals surface area contributed by atoms with Gasteiger partial charge in [0.15, 0.2) is 0 Å². The van der Waals surface area contributed by atoms with E-state index in [1.807, 2.05) is 13.0 Å². The molecule has 0 spiro atoms. The van der Waals surface area contributed by atoms with Gasteiger partial charge in [-0.25, -0.2) is 4.68 Å². The van der Waals surface area contributed by atoms with Gasteiger partial charge in [-0.15, -0.1) is 0 Å². The molecule has 15 heavy (non-hydrogen) atoms. The van der Waals surface area contributed by atoms with E-state index < -0.39 is 0 Å². The second kappa shape index (κ2) is 4.59. The van der Waals surface area contributed by atoms with Gasteiger partial charge in [0.05, 0.1) is 6.54 Å². The molecule has 0 aliphatic heterocycles. The first-order chi connectivity index (χ1) is 7.11. The van der Waals surface area contributed by atoms with Crippen molar-refractivity contribution < 1.29 is 0 Å². The van der Waals surface area contributed by atoms with Gasteiger partial charge in [-0.1, -0.05) is 12.1 Å². The molecule has 4 N–H and O–H groups in total. The predicted octanol–water partition coefficient (Wildman–Crippen LogP) is 0.259. The summed E-state index contributed by atoms with van der Waals surface area (Å²) in [5.41, 5.74) is 1.98. The zero-order valence-electron chi connectivity index (χ0n) is 8.90. The van der Waals surface area contributed by atoms with Crippen LogP contribution in [0.25, 0.3) is 0 Å². The number of nitrogen functional groups attached to an aromatic ring is 1. The number of pyridine rings is 1. The summed E-state index contributed by atoms with van der Waals surface area (Å²) in [5.74, 6) is 10.5. The minimum Gasteiger partial charge on any atom is -0.336 e. The van der Waals surface area contributed by atoms with Gasteiger partial charge in [-0.2, -0.15) is 5.11 Å². The highest BCUT2D eigenvalue weighted by Gasteiger charge is 2.09. The molecule has 0 atom stereocenters. The molecule has 0 fully saturated rings. The fourth-order valence-corrected chi connectivity index (χ4v) is 1.45. The number of hydrogen-bond acceptors (Lipinski definition) is 4. The van der Waals surface area contributed by atoms with Crippen molar-refractivity contribution in [2.45, 2.75) is 26.8 Å². The molecule has 6 heteroatoms. The summed E-state index contributed by atoms with van der Waals surface area (Å²) in [6.07, 6.45) is 0.756. The van der Waals surface area contributed by atoms with Gasteiger partial charge in [0, 0.05) is 11.3 Å². The number of nitrogens with two attached hydrogens (primary N) is 2. The Morgan fingerprint density at radius 1 is 1.53 bits per heavy atom. The smallest absolute Gasteiger partial charge is 0.274 e. The van der Waals surface area contributed by atoms with Gasteiger partial charge in [0.25, 0.3) is 5.56 Å². The van der Waals surface area contributed by atoms with Crippen LogP contribution in [0.15, 0.2) is 21.2 Å². The lowest BCUT2D eigenvalue weighted by Gasteiger charge is -2.09. The molecular formula is C9H15N5O. The lowest BCUT2D eigenvalue weighted by Crippen LogP contribution is -2.32. The van der Waals surface area contributed by atoms with Crippen LogP contribution in [0.4, 0.5) is 0 Å². The summed E-state index contributed by atoms with van der Waals surface area (Å²) in [4.78, 5) is 11.8. The van der Waals surface area contributed by atoms with Crippen molar-refractivity contribution in [1.82, 2.24) is 4.68 Å². The van der Waals surface area contributed by atoms with Crippen LogP contribution >= 0.6 is 0 Å². The summed E-state index contributed by atoms with van der Waals surface area (Å²) in [6, 6.07) is 1.88. The molecule has 6 nitrogen and oxygen atoms in total. The average molecular weight is 209 g/mol. The highest BCUT2D eigenvalue weighted by molar-refractivity contribution is 5.27. The number of hydrogen-bond donors (Lipinski definition) is 2. The second-order valence-corrected chi connectivity index (χ2v) is 3.23. The van der Waals surface area contributed by atoms with Gasteiger partial charge in [0.2, 0.25) is 0 Å². The van der Waals surface area contributed by atoms with Crippen LogP contribution in [0.2, 0.25) is 0 Å². The molecule has 1 aromatic rings. The third kappa shape index (κ3) is 2.15. The van der Waals surface area contributed by atoms with Crippen LogP contribution in [-0.2, 0) is 13.0 Å². The fourth-order valence-electron chi connectivity index (χ4n) is 1.45.